The third-order valence-corrected chi connectivity index (χ3v) is 4.39. The number of aliphatic imine (C=N–C) groups is 1. The van der Waals surface area contributed by atoms with Crippen LogP contribution < -0.4 is 16.0 Å². The summed E-state index contributed by atoms with van der Waals surface area (Å²) in [5, 5.41) is 0. The van der Waals surface area contributed by atoms with E-state index in [1.54, 1.807) is 26.3 Å². The van der Waals surface area contributed by atoms with Gasteiger partial charge in [-0.2, -0.15) is 0 Å². The van der Waals surface area contributed by atoms with E-state index in [4.69, 9.17) is 10.5 Å². The molecule has 1 aromatic carbocycles. The minimum absolute atomic E-state index is 0.135. The average Bonchev–Trinajstić information content (AvgIpc) is 2.60. The summed E-state index contributed by atoms with van der Waals surface area (Å²) in [5.74, 6) is -1.09. The summed E-state index contributed by atoms with van der Waals surface area (Å²) < 4.78 is 33.9. The quantitative estimate of drug-likeness (QED) is 0.721. The lowest BCUT2D eigenvalue weighted by atomic mass is 10.2. The van der Waals surface area contributed by atoms with Gasteiger partial charge in [-0.25, -0.2) is 8.78 Å². The number of aryl methyl sites for hydroxylation is 1. The number of ether oxygens (including phenoxy) is 1. The highest BCUT2D eigenvalue weighted by Gasteiger charge is 2.14. The van der Waals surface area contributed by atoms with E-state index in [2.05, 4.69) is 20.9 Å². The Labute approximate surface area is 157 Å². The van der Waals surface area contributed by atoms with Gasteiger partial charge in [0.15, 0.2) is 0 Å². The van der Waals surface area contributed by atoms with Crippen LogP contribution in [-0.2, 0) is 13.2 Å². The molecule has 0 aliphatic heterocycles. The van der Waals surface area contributed by atoms with Gasteiger partial charge < -0.3 is 15.0 Å². The van der Waals surface area contributed by atoms with Gasteiger partial charge in [0.05, 0.1) is 6.54 Å². The Morgan fingerprint density at radius 2 is 2.12 bits per heavy atom. The van der Waals surface area contributed by atoms with Gasteiger partial charge in [-0.05, 0) is 35.0 Å². The van der Waals surface area contributed by atoms with E-state index in [0.717, 1.165) is 12.1 Å². The van der Waals surface area contributed by atoms with Crippen molar-refractivity contribution in [2.24, 2.45) is 10.7 Å². The molecule has 0 spiro atoms. The van der Waals surface area contributed by atoms with Gasteiger partial charge in [0.2, 0.25) is 0 Å². The summed E-state index contributed by atoms with van der Waals surface area (Å²) >= 11 is 3.22. The monoisotopic (exact) mass is 425 g/mol. The Bertz CT molecular complexity index is 923. The van der Waals surface area contributed by atoms with Crippen molar-refractivity contribution in [2.75, 3.05) is 7.05 Å². The lowest BCUT2D eigenvalue weighted by Gasteiger charge is -2.15. The molecule has 2 rings (SSSR count). The predicted octanol–water partition coefficient (Wildman–Crippen LogP) is 3.32. The van der Waals surface area contributed by atoms with E-state index >= 15 is 0 Å². The molecule has 5 nitrogen and oxygen atoms in total. The molecule has 0 unspecified atom stereocenters. The number of halogens is 3. The zero-order valence-electron chi connectivity index (χ0n) is 14.3. The van der Waals surface area contributed by atoms with Crippen molar-refractivity contribution < 1.29 is 13.5 Å². The summed E-state index contributed by atoms with van der Waals surface area (Å²) in [7, 11) is 1.61. The van der Waals surface area contributed by atoms with Gasteiger partial charge >= 0.3 is 0 Å². The number of nitrogens with two attached hydrogens (primary N) is 1. The summed E-state index contributed by atoms with van der Waals surface area (Å²) in [5.41, 5.74) is 6.72. The van der Waals surface area contributed by atoms with Gasteiger partial charge in [0, 0.05) is 48.4 Å². The van der Waals surface area contributed by atoms with E-state index in [9.17, 15) is 13.6 Å². The molecule has 1 heterocycles. The molecule has 26 heavy (non-hydrogen) atoms. The molecule has 0 radical (unpaired) electrons. The van der Waals surface area contributed by atoms with Crippen molar-refractivity contribution in [2.45, 2.75) is 20.1 Å². The largest absolute Gasteiger partial charge is 0.487 e. The van der Waals surface area contributed by atoms with E-state index < -0.39 is 11.6 Å². The molecule has 0 amide bonds. The van der Waals surface area contributed by atoms with Crippen LogP contribution in [-0.4, -0.2) is 17.8 Å². The highest BCUT2D eigenvalue weighted by Crippen LogP contribution is 2.24. The molecule has 0 aliphatic rings. The number of pyridine rings is 1. The molecule has 2 N–H and O–H groups in total. The Morgan fingerprint density at radius 3 is 2.73 bits per heavy atom. The topological polar surface area (TPSA) is 69.6 Å². The summed E-state index contributed by atoms with van der Waals surface area (Å²) in [6.07, 6.45) is 2.95. The molecule has 0 saturated carbocycles. The number of rotatable bonds is 6. The highest BCUT2D eigenvalue weighted by atomic mass is 79.9. The molecule has 2 aromatic rings. The van der Waals surface area contributed by atoms with Gasteiger partial charge in [-0.1, -0.05) is 0 Å². The highest BCUT2D eigenvalue weighted by molar-refractivity contribution is 9.10. The van der Waals surface area contributed by atoms with Crippen LogP contribution in [0.3, 0.4) is 0 Å². The first kappa shape index (κ1) is 19.8. The summed E-state index contributed by atoms with van der Waals surface area (Å²) in [6.45, 7) is 1.87. The number of nitrogens with zero attached hydrogens (tertiary/aromatic N) is 2. The SMILES string of the molecule is CN=C/C(=C\N)Cn1c(C)cc(OCc2ccc(F)cc2F)c(Br)c1=O. The zero-order valence-corrected chi connectivity index (χ0v) is 15.9. The maximum Gasteiger partial charge on any atom is 0.269 e. The van der Waals surface area contributed by atoms with Crippen LogP contribution in [0.25, 0.3) is 0 Å². The van der Waals surface area contributed by atoms with Crippen molar-refractivity contribution in [1.29, 1.82) is 0 Å². The van der Waals surface area contributed by atoms with E-state index in [0.29, 0.717) is 11.3 Å². The van der Waals surface area contributed by atoms with Gasteiger partial charge in [-0.15, -0.1) is 0 Å². The first-order chi connectivity index (χ1) is 12.4. The van der Waals surface area contributed by atoms with Crippen LogP contribution in [0.1, 0.15) is 11.3 Å². The van der Waals surface area contributed by atoms with Gasteiger partial charge in [0.25, 0.3) is 5.56 Å². The molecule has 0 fully saturated rings. The van der Waals surface area contributed by atoms with E-state index in [1.807, 2.05) is 0 Å². The fourth-order valence-corrected chi connectivity index (χ4v) is 2.74. The second-order valence-electron chi connectivity index (χ2n) is 5.51. The first-order valence-corrected chi connectivity index (χ1v) is 8.46. The van der Waals surface area contributed by atoms with Crippen LogP contribution in [0.15, 0.2) is 50.3 Å². The van der Waals surface area contributed by atoms with Crippen LogP contribution in [0, 0.1) is 18.6 Å². The molecular formula is C18H18BrF2N3O2. The van der Waals surface area contributed by atoms with Crippen molar-refractivity contribution in [3.05, 3.63) is 73.8 Å². The van der Waals surface area contributed by atoms with E-state index in [-0.39, 0.29) is 34.5 Å². The average molecular weight is 426 g/mol. The first-order valence-electron chi connectivity index (χ1n) is 7.67. The number of aromatic nitrogens is 1. The number of allylic oxidation sites excluding steroid dienone is 1. The third kappa shape index (κ3) is 4.57. The lowest BCUT2D eigenvalue weighted by molar-refractivity contribution is 0.296. The van der Waals surface area contributed by atoms with E-state index in [1.165, 1.54) is 16.8 Å². The standard InChI is InChI=1S/C18H18BrF2N3O2/c1-11-5-16(26-10-13-3-4-14(20)6-15(13)21)17(19)18(25)24(11)9-12(7-22)8-23-2/h3-8H,9-10,22H2,1-2H3/b12-7+,23-8?. The number of hydrogen-bond donors (Lipinski definition) is 1. The second-order valence-corrected chi connectivity index (χ2v) is 6.30. The van der Waals surface area contributed by atoms with Gasteiger partial charge in [-0.3, -0.25) is 9.79 Å². The maximum absolute atomic E-state index is 13.7. The van der Waals surface area contributed by atoms with Crippen molar-refractivity contribution >= 4 is 22.1 Å². The fourth-order valence-electron chi connectivity index (χ4n) is 2.30. The Morgan fingerprint density at radius 1 is 1.38 bits per heavy atom. The van der Waals surface area contributed by atoms with Crippen molar-refractivity contribution in [3.8, 4) is 5.75 Å². The van der Waals surface area contributed by atoms with Crippen LogP contribution in [0.2, 0.25) is 0 Å². The smallest absolute Gasteiger partial charge is 0.269 e. The Hall–Kier alpha value is -2.48. The zero-order chi connectivity index (χ0) is 19.3. The minimum atomic E-state index is -0.706. The predicted molar refractivity (Wildman–Crippen MR) is 101 cm³/mol. The van der Waals surface area contributed by atoms with Crippen LogP contribution in [0.4, 0.5) is 8.78 Å². The normalized spacial score (nSPS) is 12.0. The van der Waals surface area contributed by atoms with Crippen molar-refractivity contribution in [1.82, 2.24) is 4.57 Å². The summed E-state index contributed by atoms with van der Waals surface area (Å²) in [4.78, 5) is 16.5. The van der Waals surface area contributed by atoms with Crippen molar-refractivity contribution in [3.63, 3.8) is 0 Å². The molecule has 0 saturated heterocycles. The lowest BCUT2D eigenvalue weighted by Crippen LogP contribution is -2.25. The molecule has 0 aliphatic carbocycles. The molecule has 0 atom stereocenters. The third-order valence-electron chi connectivity index (χ3n) is 3.66. The minimum Gasteiger partial charge on any atom is -0.487 e. The second kappa shape index (κ2) is 8.75. The molecule has 1 aromatic heterocycles. The number of benzene rings is 1. The number of hydrogen-bond acceptors (Lipinski definition) is 4. The van der Waals surface area contributed by atoms with Gasteiger partial charge in [0.1, 0.15) is 28.5 Å². The van der Waals surface area contributed by atoms with Crippen LogP contribution in [0.5, 0.6) is 5.75 Å². The molecule has 0 bridgehead atoms. The summed E-state index contributed by atoms with van der Waals surface area (Å²) in [6, 6.07) is 4.89. The molecule has 138 valence electrons. The Kier molecular flexibility index (Phi) is 6.68. The molecular weight excluding hydrogens is 408 g/mol. The molecule has 8 heteroatoms. The van der Waals surface area contributed by atoms with Crippen LogP contribution >= 0.6 is 15.9 Å². The maximum atomic E-state index is 13.7. The fraction of sp³-hybridized carbons (Fsp3) is 0.222. The Balaban J connectivity index is 2.27.